The van der Waals surface area contributed by atoms with E-state index in [-0.39, 0.29) is 23.7 Å². The molecule has 0 aromatic heterocycles. The maximum atomic E-state index is 12.9. The predicted molar refractivity (Wildman–Crippen MR) is 106 cm³/mol. The van der Waals surface area contributed by atoms with Crippen LogP contribution in [-0.4, -0.2) is 32.1 Å². The van der Waals surface area contributed by atoms with E-state index in [0.29, 0.717) is 23.6 Å². The molecule has 2 rings (SSSR count). The Morgan fingerprint density at radius 2 is 1.81 bits per heavy atom. The third kappa shape index (κ3) is 6.15. The Bertz CT molecular complexity index is 639. The number of hydrogen-bond donors (Lipinski definition) is 2. The minimum atomic E-state index is -0.564. The van der Waals surface area contributed by atoms with Gasteiger partial charge in [-0.15, -0.1) is 0 Å². The van der Waals surface area contributed by atoms with E-state index < -0.39 is 6.04 Å². The van der Waals surface area contributed by atoms with Crippen LogP contribution in [0.4, 0.5) is 5.69 Å². The van der Waals surface area contributed by atoms with E-state index in [1.54, 1.807) is 32.4 Å². The highest BCUT2D eigenvalue weighted by molar-refractivity contribution is 5.98. The van der Waals surface area contributed by atoms with Crippen LogP contribution in [0.25, 0.3) is 0 Å². The second kappa shape index (κ2) is 10.2. The summed E-state index contributed by atoms with van der Waals surface area (Å²) in [5.41, 5.74) is 0.559. The number of amides is 2. The average Bonchev–Trinajstić information content (AvgIpc) is 2.67. The third-order valence-corrected chi connectivity index (χ3v) is 4.98. The molecule has 0 radical (unpaired) electrons. The largest absolute Gasteiger partial charge is 0.497 e. The van der Waals surface area contributed by atoms with Crippen LogP contribution in [0.5, 0.6) is 11.5 Å². The summed E-state index contributed by atoms with van der Waals surface area (Å²) in [6.45, 7) is 4.09. The van der Waals surface area contributed by atoms with Crippen molar-refractivity contribution in [3.05, 3.63) is 18.2 Å². The van der Waals surface area contributed by atoms with Crippen molar-refractivity contribution in [2.75, 3.05) is 19.5 Å². The zero-order chi connectivity index (χ0) is 19.8. The SMILES string of the molecule is COc1ccc(NC(=O)[C@@H](CC(C)C)NC(=O)C2CCCCC2)c(OC)c1. The van der Waals surface area contributed by atoms with Gasteiger partial charge in [0, 0.05) is 12.0 Å². The molecule has 1 saturated carbocycles. The van der Waals surface area contributed by atoms with Crippen LogP contribution < -0.4 is 20.1 Å². The Labute approximate surface area is 162 Å². The van der Waals surface area contributed by atoms with Crippen LogP contribution in [0.2, 0.25) is 0 Å². The van der Waals surface area contributed by atoms with Crippen molar-refractivity contribution < 1.29 is 19.1 Å². The molecule has 0 spiro atoms. The summed E-state index contributed by atoms with van der Waals surface area (Å²) in [6.07, 6.45) is 5.77. The highest BCUT2D eigenvalue weighted by Crippen LogP contribution is 2.29. The van der Waals surface area contributed by atoms with Gasteiger partial charge in [0.2, 0.25) is 11.8 Å². The van der Waals surface area contributed by atoms with Crippen LogP contribution in [0, 0.1) is 11.8 Å². The van der Waals surface area contributed by atoms with E-state index in [1.165, 1.54) is 6.42 Å². The quantitative estimate of drug-likeness (QED) is 0.724. The zero-order valence-corrected chi connectivity index (χ0v) is 16.8. The molecule has 6 nitrogen and oxygen atoms in total. The van der Waals surface area contributed by atoms with Crippen molar-refractivity contribution in [1.29, 1.82) is 0 Å². The summed E-state index contributed by atoms with van der Waals surface area (Å²) in [5.74, 6) is 1.24. The smallest absolute Gasteiger partial charge is 0.247 e. The summed E-state index contributed by atoms with van der Waals surface area (Å²) in [6, 6.07) is 4.65. The fourth-order valence-corrected chi connectivity index (χ4v) is 3.48. The molecule has 150 valence electrons. The molecule has 1 atom stereocenters. The predicted octanol–water partition coefficient (Wildman–Crippen LogP) is 3.75. The van der Waals surface area contributed by atoms with Gasteiger partial charge in [-0.05, 0) is 37.3 Å². The molecule has 0 saturated heterocycles. The lowest BCUT2D eigenvalue weighted by Gasteiger charge is -2.25. The van der Waals surface area contributed by atoms with Gasteiger partial charge in [0.1, 0.15) is 17.5 Å². The van der Waals surface area contributed by atoms with Crippen molar-refractivity contribution in [2.45, 2.75) is 58.4 Å². The van der Waals surface area contributed by atoms with Gasteiger partial charge < -0.3 is 20.1 Å². The molecule has 0 aliphatic heterocycles. The fraction of sp³-hybridized carbons (Fsp3) is 0.619. The molecular weight excluding hydrogens is 344 g/mol. The number of anilines is 1. The van der Waals surface area contributed by atoms with E-state index in [2.05, 4.69) is 10.6 Å². The van der Waals surface area contributed by atoms with Crippen molar-refractivity contribution in [1.82, 2.24) is 5.32 Å². The summed E-state index contributed by atoms with van der Waals surface area (Å²) >= 11 is 0. The van der Waals surface area contributed by atoms with Gasteiger partial charge in [-0.3, -0.25) is 9.59 Å². The first-order valence-corrected chi connectivity index (χ1v) is 9.77. The number of hydrogen-bond acceptors (Lipinski definition) is 4. The Hall–Kier alpha value is -2.24. The van der Waals surface area contributed by atoms with Gasteiger partial charge in [-0.2, -0.15) is 0 Å². The highest BCUT2D eigenvalue weighted by Gasteiger charge is 2.27. The number of carbonyl (C=O) groups is 2. The molecule has 2 amide bonds. The molecule has 1 fully saturated rings. The number of rotatable bonds is 8. The second-order valence-corrected chi connectivity index (χ2v) is 7.58. The monoisotopic (exact) mass is 376 g/mol. The topological polar surface area (TPSA) is 76.7 Å². The highest BCUT2D eigenvalue weighted by atomic mass is 16.5. The molecule has 1 aliphatic rings. The van der Waals surface area contributed by atoms with Gasteiger partial charge in [0.15, 0.2) is 0 Å². The first-order valence-electron chi connectivity index (χ1n) is 9.77. The maximum Gasteiger partial charge on any atom is 0.247 e. The molecule has 0 unspecified atom stereocenters. The summed E-state index contributed by atoms with van der Waals surface area (Å²) in [5, 5.41) is 5.87. The molecule has 1 aromatic rings. The van der Waals surface area contributed by atoms with E-state index in [0.717, 1.165) is 25.7 Å². The van der Waals surface area contributed by atoms with Gasteiger partial charge >= 0.3 is 0 Å². The van der Waals surface area contributed by atoms with Crippen molar-refractivity contribution in [3.8, 4) is 11.5 Å². The van der Waals surface area contributed by atoms with Crippen LogP contribution in [0.15, 0.2) is 18.2 Å². The molecule has 1 aromatic carbocycles. The zero-order valence-electron chi connectivity index (χ0n) is 16.8. The lowest BCUT2D eigenvalue weighted by atomic mass is 9.88. The fourth-order valence-electron chi connectivity index (χ4n) is 3.48. The number of nitrogens with one attached hydrogen (secondary N) is 2. The van der Waals surface area contributed by atoms with E-state index in [9.17, 15) is 9.59 Å². The van der Waals surface area contributed by atoms with Crippen molar-refractivity contribution >= 4 is 17.5 Å². The first-order chi connectivity index (χ1) is 12.9. The van der Waals surface area contributed by atoms with Crippen LogP contribution >= 0.6 is 0 Å². The number of benzene rings is 1. The molecule has 1 aliphatic carbocycles. The molecule has 0 bridgehead atoms. The van der Waals surface area contributed by atoms with Gasteiger partial charge in [0.05, 0.1) is 19.9 Å². The average molecular weight is 376 g/mol. The second-order valence-electron chi connectivity index (χ2n) is 7.58. The lowest BCUT2D eigenvalue weighted by Crippen LogP contribution is -2.47. The molecule has 2 N–H and O–H groups in total. The Morgan fingerprint density at radius 1 is 1.11 bits per heavy atom. The summed E-state index contributed by atoms with van der Waals surface area (Å²) in [7, 11) is 3.12. The first kappa shape index (κ1) is 21.1. The summed E-state index contributed by atoms with van der Waals surface area (Å²) < 4.78 is 10.5. The number of ether oxygens (including phenoxy) is 2. The lowest BCUT2D eigenvalue weighted by molar-refractivity contribution is -0.130. The Morgan fingerprint density at radius 3 is 2.41 bits per heavy atom. The normalized spacial score (nSPS) is 15.9. The van der Waals surface area contributed by atoms with Crippen LogP contribution in [-0.2, 0) is 9.59 Å². The van der Waals surface area contributed by atoms with Gasteiger partial charge in [-0.25, -0.2) is 0 Å². The standard InChI is InChI=1S/C21H32N2O4/c1-14(2)12-18(23-20(24)15-8-6-5-7-9-15)21(25)22-17-11-10-16(26-3)13-19(17)27-4/h10-11,13-15,18H,5-9,12H2,1-4H3,(H,22,25)(H,23,24)/t18-/m1/s1. The van der Waals surface area contributed by atoms with Crippen molar-refractivity contribution in [2.24, 2.45) is 11.8 Å². The van der Waals surface area contributed by atoms with Crippen LogP contribution in [0.3, 0.4) is 0 Å². The van der Waals surface area contributed by atoms with Crippen LogP contribution in [0.1, 0.15) is 52.4 Å². The molecule has 27 heavy (non-hydrogen) atoms. The van der Waals surface area contributed by atoms with E-state index in [4.69, 9.17) is 9.47 Å². The van der Waals surface area contributed by atoms with Gasteiger partial charge in [-0.1, -0.05) is 33.1 Å². The minimum absolute atomic E-state index is 0.00260. The number of methoxy groups -OCH3 is 2. The number of carbonyl (C=O) groups excluding carboxylic acids is 2. The third-order valence-electron chi connectivity index (χ3n) is 4.98. The Balaban J connectivity index is 2.08. The van der Waals surface area contributed by atoms with Gasteiger partial charge in [0.25, 0.3) is 0 Å². The molecular formula is C21H32N2O4. The maximum absolute atomic E-state index is 12.9. The Kier molecular flexibility index (Phi) is 7.95. The minimum Gasteiger partial charge on any atom is -0.497 e. The molecule has 0 heterocycles. The van der Waals surface area contributed by atoms with E-state index >= 15 is 0 Å². The summed E-state index contributed by atoms with van der Waals surface area (Å²) in [4.78, 5) is 25.5. The molecule has 6 heteroatoms. The van der Waals surface area contributed by atoms with Crippen molar-refractivity contribution in [3.63, 3.8) is 0 Å². The van der Waals surface area contributed by atoms with E-state index in [1.807, 2.05) is 13.8 Å².